The summed E-state index contributed by atoms with van der Waals surface area (Å²) in [6.45, 7) is 3.22. The molecule has 0 saturated heterocycles. The van der Waals surface area contributed by atoms with Crippen LogP contribution in [0.1, 0.15) is 37.3 Å². The first-order valence-electron chi connectivity index (χ1n) is 6.23. The maximum atomic E-state index is 13.3. The molecule has 1 aromatic carbocycles. The van der Waals surface area contributed by atoms with Crippen LogP contribution in [0.2, 0.25) is 0 Å². The van der Waals surface area contributed by atoms with Gasteiger partial charge in [-0.2, -0.15) is 0 Å². The lowest BCUT2D eigenvalue weighted by Gasteiger charge is -2.04. The third-order valence-electron chi connectivity index (χ3n) is 2.34. The van der Waals surface area contributed by atoms with Crippen molar-refractivity contribution >= 4 is 0 Å². The summed E-state index contributed by atoms with van der Waals surface area (Å²) in [5.41, 5.74) is 1.41. The maximum Gasteiger partial charge on any atom is 0.124 e. The highest BCUT2D eigenvalue weighted by atomic mass is 19.1. The molecule has 0 spiro atoms. The molecule has 1 N–H and O–H groups in total. The molecule has 0 aromatic heterocycles. The van der Waals surface area contributed by atoms with Crippen LogP contribution in [-0.4, -0.2) is 18.3 Å². The average molecular weight is 250 g/mol. The summed E-state index contributed by atoms with van der Waals surface area (Å²) in [5.74, 6) is 5.29. The van der Waals surface area contributed by atoms with Gasteiger partial charge in [0.2, 0.25) is 0 Å². The van der Waals surface area contributed by atoms with Gasteiger partial charge in [-0.15, -0.1) is 0 Å². The minimum absolute atomic E-state index is 0.0231. The summed E-state index contributed by atoms with van der Waals surface area (Å²) < 4.78 is 18.8. The van der Waals surface area contributed by atoms with Gasteiger partial charge in [-0.05, 0) is 30.2 Å². The zero-order valence-corrected chi connectivity index (χ0v) is 10.7. The number of hydrogen-bond acceptors (Lipinski definition) is 2. The third-order valence-corrected chi connectivity index (χ3v) is 2.34. The number of ether oxygens (including phenoxy) is 1. The fraction of sp³-hybridized carbons (Fsp3) is 0.467. The number of rotatable bonds is 6. The van der Waals surface area contributed by atoms with Crippen LogP contribution in [0.4, 0.5) is 4.39 Å². The molecule has 0 heterocycles. The summed E-state index contributed by atoms with van der Waals surface area (Å²) in [5, 5.41) is 8.62. The van der Waals surface area contributed by atoms with Crippen molar-refractivity contribution in [3.63, 3.8) is 0 Å². The Morgan fingerprint density at radius 1 is 1.33 bits per heavy atom. The predicted octanol–water partition coefficient (Wildman–Crippen LogP) is 2.88. The van der Waals surface area contributed by atoms with Crippen LogP contribution < -0.4 is 0 Å². The average Bonchev–Trinajstić information content (AvgIpc) is 2.34. The predicted molar refractivity (Wildman–Crippen MR) is 69.5 cm³/mol. The van der Waals surface area contributed by atoms with Gasteiger partial charge in [-0.3, -0.25) is 0 Å². The van der Waals surface area contributed by atoms with Crippen LogP contribution in [0.25, 0.3) is 0 Å². The van der Waals surface area contributed by atoms with E-state index in [1.165, 1.54) is 12.1 Å². The van der Waals surface area contributed by atoms with E-state index in [0.717, 1.165) is 18.4 Å². The van der Waals surface area contributed by atoms with Crippen molar-refractivity contribution in [3.8, 4) is 11.8 Å². The Morgan fingerprint density at radius 3 is 2.89 bits per heavy atom. The molecule has 0 fully saturated rings. The van der Waals surface area contributed by atoms with Crippen LogP contribution >= 0.6 is 0 Å². The Bertz CT molecular complexity index is 418. The Kier molecular flexibility index (Phi) is 7.09. The summed E-state index contributed by atoms with van der Waals surface area (Å²) >= 11 is 0. The van der Waals surface area contributed by atoms with Crippen LogP contribution in [0.5, 0.6) is 0 Å². The first-order valence-corrected chi connectivity index (χ1v) is 6.23. The lowest BCUT2D eigenvalue weighted by Crippen LogP contribution is -1.96. The van der Waals surface area contributed by atoms with Crippen LogP contribution in [0.3, 0.4) is 0 Å². The molecular formula is C15H19FO2. The van der Waals surface area contributed by atoms with E-state index in [-0.39, 0.29) is 12.4 Å². The smallest absolute Gasteiger partial charge is 0.124 e. The molecule has 0 radical (unpaired) electrons. The monoisotopic (exact) mass is 250 g/mol. The molecule has 0 saturated carbocycles. The van der Waals surface area contributed by atoms with Crippen LogP contribution in [-0.2, 0) is 11.3 Å². The van der Waals surface area contributed by atoms with Gasteiger partial charge in [-0.1, -0.05) is 25.2 Å². The quantitative estimate of drug-likeness (QED) is 0.621. The maximum absolute atomic E-state index is 13.3. The summed E-state index contributed by atoms with van der Waals surface area (Å²) in [7, 11) is 0. The molecule has 1 aromatic rings. The number of benzene rings is 1. The van der Waals surface area contributed by atoms with Crippen molar-refractivity contribution in [2.24, 2.45) is 0 Å². The third kappa shape index (κ3) is 5.81. The second-order valence-electron chi connectivity index (χ2n) is 4.03. The highest BCUT2D eigenvalue weighted by Crippen LogP contribution is 2.10. The van der Waals surface area contributed by atoms with Crippen molar-refractivity contribution < 1.29 is 14.2 Å². The van der Waals surface area contributed by atoms with Crippen molar-refractivity contribution in [3.05, 3.63) is 35.1 Å². The largest absolute Gasteiger partial charge is 0.395 e. The van der Waals surface area contributed by atoms with Gasteiger partial charge < -0.3 is 9.84 Å². The molecule has 18 heavy (non-hydrogen) atoms. The number of hydrogen-bond donors (Lipinski definition) is 1. The van der Waals surface area contributed by atoms with E-state index >= 15 is 0 Å². The Morgan fingerprint density at radius 2 is 2.17 bits per heavy atom. The van der Waals surface area contributed by atoms with Crippen molar-refractivity contribution in [2.75, 3.05) is 13.2 Å². The fourth-order valence-corrected chi connectivity index (χ4v) is 1.46. The molecule has 0 amide bonds. The number of aliphatic hydroxyl groups is 1. The molecule has 0 unspecified atom stereocenters. The summed E-state index contributed by atoms with van der Waals surface area (Å²) in [6.07, 6.45) is 2.50. The van der Waals surface area contributed by atoms with Gasteiger partial charge in [0.15, 0.2) is 0 Å². The minimum Gasteiger partial charge on any atom is -0.395 e. The normalized spacial score (nSPS) is 9.94. The molecule has 98 valence electrons. The van der Waals surface area contributed by atoms with Gasteiger partial charge >= 0.3 is 0 Å². The Labute approximate surface area is 108 Å². The van der Waals surface area contributed by atoms with Gasteiger partial charge in [0.1, 0.15) is 5.82 Å². The first-order chi connectivity index (χ1) is 8.76. The zero-order valence-electron chi connectivity index (χ0n) is 10.7. The fourth-order valence-electron chi connectivity index (χ4n) is 1.46. The number of halogens is 1. The highest BCUT2D eigenvalue weighted by molar-refractivity contribution is 5.37. The van der Waals surface area contributed by atoms with Gasteiger partial charge in [-0.25, -0.2) is 4.39 Å². The molecule has 0 atom stereocenters. The lowest BCUT2D eigenvalue weighted by atomic mass is 10.1. The van der Waals surface area contributed by atoms with E-state index in [9.17, 15) is 4.39 Å². The molecule has 1 rings (SSSR count). The molecule has 3 heteroatoms. The van der Waals surface area contributed by atoms with E-state index in [2.05, 4.69) is 18.8 Å². The number of aliphatic hydroxyl groups excluding tert-OH is 1. The highest BCUT2D eigenvalue weighted by Gasteiger charge is 1.99. The van der Waals surface area contributed by atoms with Crippen LogP contribution in [0, 0.1) is 17.7 Å². The first kappa shape index (κ1) is 14.7. The van der Waals surface area contributed by atoms with E-state index in [0.29, 0.717) is 25.2 Å². The van der Waals surface area contributed by atoms with Gasteiger partial charge in [0, 0.05) is 18.6 Å². The van der Waals surface area contributed by atoms with Gasteiger partial charge in [0.25, 0.3) is 0 Å². The van der Waals surface area contributed by atoms with Crippen LogP contribution in [0.15, 0.2) is 18.2 Å². The van der Waals surface area contributed by atoms with E-state index in [1.807, 2.05) is 6.07 Å². The zero-order chi connectivity index (χ0) is 13.2. The topological polar surface area (TPSA) is 29.5 Å². The molecule has 0 bridgehead atoms. The molecule has 0 aliphatic rings. The number of unbranched alkanes of at least 4 members (excludes halogenated alkanes) is 1. The standard InChI is InChI=1S/C15H19FO2/c1-2-3-8-18-12-14-9-13(6-4-5-7-17)10-15(16)11-14/h9-11,17H,2-3,5,7-8,12H2,1H3. The second-order valence-corrected chi connectivity index (χ2v) is 4.03. The second kappa shape index (κ2) is 8.68. The van der Waals surface area contributed by atoms with E-state index in [4.69, 9.17) is 9.84 Å². The summed E-state index contributed by atoms with van der Waals surface area (Å²) in [6, 6.07) is 4.67. The molecule has 0 aliphatic carbocycles. The Balaban J connectivity index is 2.60. The minimum atomic E-state index is -0.306. The van der Waals surface area contributed by atoms with Crippen molar-refractivity contribution in [1.29, 1.82) is 0 Å². The van der Waals surface area contributed by atoms with Gasteiger partial charge in [0.05, 0.1) is 13.2 Å². The van der Waals surface area contributed by atoms with E-state index in [1.54, 1.807) is 0 Å². The van der Waals surface area contributed by atoms with Crippen molar-refractivity contribution in [1.82, 2.24) is 0 Å². The lowest BCUT2D eigenvalue weighted by molar-refractivity contribution is 0.118. The SMILES string of the molecule is CCCCOCc1cc(F)cc(C#CCCO)c1. The summed E-state index contributed by atoms with van der Waals surface area (Å²) in [4.78, 5) is 0. The van der Waals surface area contributed by atoms with E-state index < -0.39 is 0 Å². The van der Waals surface area contributed by atoms with Crippen molar-refractivity contribution in [2.45, 2.75) is 32.8 Å². The Hall–Kier alpha value is -1.37. The molecule has 0 aliphatic heterocycles. The molecular weight excluding hydrogens is 231 g/mol. The molecule has 2 nitrogen and oxygen atoms in total.